The van der Waals surface area contributed by atoms with Gasteiger partial charge in [0.1, 0.15) is 18.1 Å². The number of hydrazine groups is 1. The first kappa shape index (κ1) is 19.3. The predicted molar refractivity (Wildman–Crippen MR) is 91.2 cm³/mol. The van der Waals surface area contributed by atoms with Crippen molar-refractivity contribution in [3.63, 3.8) is 0 Å². The number of hydrogen-bond donors (Lipinski definition) is 2. The lowest BCUT2D eigenvalue weighted by Gasteiger charge is -2.32. The molecule has 1 aliphatic rings. The molecule has 1 fully saturated rings. The summed E-state index contributed by atoms with van der Waals surface area (Å²) in [6, 6.07) is 9.59. The predicted octanol–water partition coefficient (Wildman–Crippen LogP) is 3.74. The number of nitrogens with one attached hydrogen (secondary N) is 1. The standard InChI is InChI=1S/C17H14BrF3N2O4/c1-10-8-16(25,17(19,20)21)23(22-10)15(24)14-7-6-13(27-14)9-26-12-4-2-11(18)3-5-12/h2-7,22,25H,1,8-9H2. The maximum absolute atomic E-state index is 13.2. The Labute approximate surface area is 160 Å². The average molecular weight is 447 g/mol. The zero-order chi connectivity index (χ0) is 19.8. The van der Waals surface area contributed by atoms with E-state index in [0.717, 1.165) is 4.47 Å². The van der Waals surface area contributed by atoms with Gasteiger partial charge in [0.05, 0.1) is 0 Å². The topological polar surface area (TPSA) is 74.9 Å². The minimum absolute atomic E-state index is 0.0292. The number of nitrogens with zero attached hydrogens (tertiary/aromatic N) is 1. The van der Waals surface area contributed by atoms with Gasteiger partial charge in [-0.25, -0.2) is 5.01 Å². The molecular formula is C17H14BrF3N2O4. The second kappa shape index (κ2) is 6.93. The van der Waals surface area contributed by atoms with Crippen LogP contribution in [0.5, 0.6) is 5.75 Å². The Hall–Kier alpha value is -2.46. The smallest absolute Gasteiger partial charge is 0.438 e. The third-order valence-electron chi connectivity index (χ3n) is 3.82. The van der Waals surface area contributed by atoms with E-state index in [2.05, 4.69) is 27.9 Å². The number of hydrogen-bond acceptors (Lipinski definition) is 5. The van der Waals surface area contributed by atoms with Crippen LogP contribution in [0.25, 0.3) is 0 Å². The first-order valence-electron chi connectivity index (χ1n) is 7.65. The SMILES string of the molecule is C=C1CC(O)(C(F)(F)F)N(C(=O)c2ccc(COc3ccc(Br)cc3)o2)N1. The van der Waals surface area contributed by atoms with Crippen LogP contribution >= 0.6 is 15.9 Å². The second-order valence-electron chi connectivity index (χ2n) is 5.86. The van der Waals surface area contributed by atoms with Crippen molar-refractivity contribution in [3.05, 3.63) is 64.7 Å². The minimum atomic E-state index is -5.07. The van der Waals surface area contributed by atoms with Crippen molar-refractivity contribution in [2.45, 2.75) is 24.9 Å². The van der Waals surface area contributed by atoms with E-state index in [-0.39, 0.29) is 28.8 Å². The zero-order valence-corrected chi connectivity index (χ0v) is 15.3. The van der Waals surface area contributed by atoms with Crippen LogP contribution in [0.15, 0.2) is 57.6 Å². The molecule has 1 amide bonds. The van der Waals surface area contributed by atoms with E-state index < -0.39 is 24.2 Å². The molecule has 27 heavy (non-hydrogen) atoms. The molecule has 1 atom stereocenters. The molecule has 0 bridgehead atoms. The maximum Gasteiger partial charge on any atom is 0.438 e. The van der Waals surface area contributed by atoms with Crippen molar-refractivity contribution in [3.8, 4) is 5.75 Å². The number of benzene rings is 1. The molecule has 0 spiro atoms. The van der Waals surface area contributed by atoms with Gasteiger partial charge in [0.25, 0.3) is 5.72 Å². The van der Waals surface area contributed by atoms with Crippen molar-refractivity contribution < 1.29 is 32.2 Å². The van der Waals surface area contributed by atoms with E-state index in [1.165, 1.54) is 12.1 Å². The highest BCUT2D eigenvalue weighted by Gasteiger charge is 2.63. The fraction of sp³-hybridized carbons (Fsp3) is 0.235. The Bertz CT molecular complexity index is 866. The molecule has 1 aliphatic heterocycles. The molecule has 1 aromatic heterocycles. The molecule has 3 rings (SSSR count). The summed E-state index contributed by atoms with van der Waals surface area (Å²) in [5.41, 5.74) is -1.40. The fourth-order valence-corrected chi connectivity index (χ4v) is 2.74. The van der Waals surface area contributed by atoms with E-state index in [0.29, 0.717) is 5.75 Å². The number of amides is 1. The summed E-state index contributed by atoms with van der Waals surface area (Å²) >= 11 is 3.29. The number of carbonyl (C=O) groups excluding carboxylic acids is 1. The molecule has 144 valence electrons. The Morgan fingerprint density at radius 1 is 1.33 bits per heavy atom. The quantitative estimate of drug-likeness (QED) is 0.748. The number of carbonyl (C=O) groups is 1. The van der Waals surface area contributed by atoms with Gasteiger partial charge < -0.3 is 14.3 Å². The van der Waals surface area contributed by atoms with Crippen molar-refractivity contribution >= 4 is 21.8 Å². The van der Waals surface area contributed by atoms with E-state index in [9.17, 15) is 23.1 Å². The maximum atomic E-state index is 13.2. The number of halogens is 4. The highest BCUT2D eigenvalue weighted by Crippen LogP contribution is 2.41. The summed E-state index contributed by atoms with van der Waals surface area (Å²) in [5.74, 6) is -0.779. The van der Waals surface area contributed by atoms with E-state index >= 15 is 0 Å². The number of rotatable bonds is 4. The summed E-state index contributed by atoms with van der Waals surface area (Å²) in [6.07, 6.45) is -5.95. The lowest BCUT2D eigenvalue weighted by atomic mass is 10.1. The molecule has 10 heteroatoms. The molecule has 0 aliphatic carbocycles. The van der Waals surface area contributed by atoms with Gasteiger partial charge in [0.15, 0.2) is 5.76 Å². The number of aliphatic hydroxyl groups is 1. The van der Waals surface area contributed by atoms with Crippen LogP contribution in [-0.2, 0) is 6.61 Å². The first-order chi connectivity index (χ1) is 12.6. The van der Waals surface area contributed by atoms with Crippen LogP contribution in [0.2, 0.25) is 0 Å². The van der Waals surface area contributed by atoms with Gasteiger partial charge in [0.2, 0.25) is 0 Å². The van der Waals surface area contributed by atoms with E-state index in [1.807, 2.05) is 0 Å². The second-order valence-corrected chi connectivity index (χ2v) is 6.77. The van der Waals surface area contributed by atoms with Gasteiger partial charge in [-0.1, -0.05) is 22.5 Å². The first-order valence-corrected chi connectivity index (χ1v) is 8.44. The average Bonchev–Trinajstić information content (AvgIpc) is 3.18. The lowest BCUT2D eigenvalue weighted by molar-refractivity contribution is -0.299. The largest absolute Gasteiger partial charge is 0.486 e. The Balaban J connectivity index is 1.72. The zero-order valence-electron chi connectivity index (χ0n) is 13.7. The molecule has 2 aromatic rings. The Morgan fingerprint density at radius 3 is 2.63 bits per heavy atom. The molecule has 0 saturated carbocycles. The minimum Gasteiger partial charge on any atom is -0.486 e. The fourth-order valence-electron chi connectivity index (χ4n) is 2.48. The number of alkyl halides is 3. The van der Waals surface area contributed by atoms with E-state index in [1.54, 1.807) is 24.3 Å². The van der Waals surface area contributed by atoms with Crippen LogP contribution in [0.1, 0.15) is 22.7 Å². The molecule has 1 saturated heterocycles. The highest BCUT2D eigenvalue weighted by atomic mass is 79.9. The molecule has 1 unspecified atom stereocenters. The van der Waals surface area contributed by atoms with Gasteiger partial charge in [0, 0.05) is 16.6 Å². The third kappa shape index (κ3) is 3.81. The number of ether oxygens (including phenoxy) is 1. The molecule has 0 radical (unpaired) electrons. The normalized spacial score (nSPS) is 19.9. The van der Waals surface area contributed by atoms with Crippen LogP contribution in [-0.4, -0.2) is 27.9 Å². The third-order valence-corrected chi connectivity index (χ3v) is 4.35. The summed E-state index contributed by atoms with van der Waals surface area (Å²) < 4.78 is 51.2. The molecular weight excluding hydrogens is 433 g/mol. The summed E-state index contributed by atoms with van der Waals surface area (Å²) in [6.45, 7) is 3.32. The molecule has 1 aromatic carbocycles. The van der Waals surface area contributed by atoms with Gasteiger partial charge in [-0.3, -0.25) is 10.2 Å². The van der Waals surface area contributed by atoms with E-state index in [4.69, 9.17) is 9.15 Å². The van der Waals surface area contributed by atoms with Crippen molar-refractivity contribution in [2.24, 2.45) is 0 Å². The molecule has 2 heterocycles. The summed E-state index contributed by atoms with van der Waals surface area (Å²) in [5, 5.41) is 10.0. The Morgan fingerprint density at radius 2 is 2.00 bits per heavy atom. The van der Waals surface area contributed by atoms with Crippen LogP contribution < -0.4 is 10.2 Å². The Kier molecular flexibility index (Phi) is 4.96. The van der Waals surface area contributed by atoms with Crippen LogP contribution in [0.3, 0.4) is 0 Å². The van der Waals surface area contributed by atoms with Gasteiger partial charge in [-0.15, -0.1) is 0 Å². The monoisotopic (exact) mass is 446 g/mol. The van der Waals surface area contributed by atoms with Gasteiger partial charge in [-0.05, 0) is 36.4 Å². The van der Waals surface area contributed by atoms with Crippen LogP contribution in [0, 0.1) is 0 Å². The summed E-state index contributed by atoms with van der Waals surface area (Å²) in [4.78, 5) is 12.4. The van der Waals surface area contributed by atoms with Gasteiger partial charge in [-0.2, -0.15) is 13.2 Å². The molecule has 2 N–H and O–H groups in total. The van der Waals surface area contributed by atoms with Crippen molar-refractivity contribution in [1.82, 2.24) is 10.4 Å². The lowest BCUT2D eigenvalue weighted by Crippen LogP contribution is -2.59. The van der Waals surface area contributed by atoms with Gasteiger partial charge >= 0.3 is 12.1 Å². The summed E-state index contributed by atoms with van der Waals surface area (Å²) in [7, 11) is 0. The highest BCUT2D eigenvalue weighted by molar-refractivity contribution is 9.10. The van der Waals surface area contributed by atoms with Crippen LogP contribution in [0.4, 0.5) is 13.2 Å². The van der Waals surface area contributed by atoms with Crippen molar-refractivity contribution in [1.29, 1.82) is 0 Å². The van der Waals surface area contributed by atoms with Crippen molar-refractivity contribution in [2.75, 3.05) is 0 Å². The molecule has 6 nitrogen and oxygen atoms in total. The number of furan rings is 1.